The van der Waals surface area contributed by atoms with Crippen LogP contribution in [0.4, 0.5) is 9.18 Å². The largest absolute Gasteiger partial charge is 0.481 e. The molecule has 2 rings (SSSR count). The number of amides is 2. The molecule has 2 N–H and O–H groups in total. The van der Waals surface area contributed by atoms with Crippen LogP contribution < -0.4 is 5.32 Å². The molecule has 120 valence electrons. The fraction of sp³-hybridized carbons (Fsp3) is 0.467. The Balaban J connectivity index is 1.74. The molecule has 22 heavy (non-hydrogen) atoms. The lowest BCUT2D eigenvalue weighted by Gasteiger charge is -2.30. The highest BCUT2D eigenvalue weighted by Gasteiger charge is 2.26. The van der Waals surface area contributed by atoms with Crippen molar-refractivity contribution in [2.75, 3.05) is 19.6 Å². The lowest BCUT2D eigenvalue weighted by Crippen LogP contribution is -2.45. The van der Waals surface area contributed by atoms with Gasteiger partial charge >= 0.3 is 12.0 Å². The number of aliphatic carboxylic acids is 1. The minimum Gasteiger partial charge on any atom is -0.481 e. The first-order chi connectivity index (χ1) is 10.5. The zero-order chi connectivity index (χ0) is 16.1. The van der Waals surface area contributed by atoms with Crippen LogP contribution in [0.15, 0.2) is 22.7 Å². The van der Waals surface area contributed by atoms with Gasteiger partial charge in [-0.1, -0.05) is 6.07 Å². The third-order valence-corrected chi connectivity index (χ3v) is 4.41. The topological polar surface area (TPSA) is 69.6 Å². The Kier molecular flexibility index (Phi) is 5.76. The first-order valence-electron chi connectivity index (χ1n) is 7.17. The standard InChI is InChI=1S/C15H18BrFN2O3/c16-12-9-10(1-2-13(12)17)3-6-18-15(22)19-7-4-11(5-8-19)14(20)21/h1-2,9,11H,3-8H2,(H,18,22)(H,20,21). The predicted octanol–water partition coefficient (Wildman–Crippen LogP) is 2.64. The third-order valence-electron chi connectivity index (χ3n) is 3.81. The van der Waals surface area contributed by atoms with Crippen molar-refractivity contribution in [3.05, 3.63) is 34.1 Å². The number of halogens is 2. The first kappa shape index (κ1) is 16.7. The van der Waals surface area contributed by atoms with Crippen molar-refractivity contribution in [1.82, 2.24) is 10.2 Å². The van der Waals surface area contributed by atoms with Crippen LogP contribution in [0.5, 0.6) is 0 Å². The van der Waals surface area contributed by atoms with Gasteiger partial charge in [0, 0.05) is 19.6 Å². The second-order valence-corrected chi connectivity index (χ2v) is 6.18. The van der Waals surface area contributed by atoms with Crippen molar-refractivity contribution < 1.29 is 19.1 Å². The van der Waals surface area contributed by atoms with Crippen LogP contribution in [0.25, 0.3) is 0 Å². The number of carbonyl (C=O) groups excluding carboxylic acids is 1. The van der Waals surface area contributed by atoms with E-state index in [1.165, 1.54) is 6.07 Å². The number of urea groups is 1. The van der Waals surface area contributed by atoms with E-state index in [9.17, 15) is 14.0 Å². The quantitative estimate of drug-likeness (QED) is 0.853. The van der Waals surface area contributed by atoms with E-state index in [1.54, 1.807) is 17.0 Å². The van der Waals surface area contributed by atoms with Gasteiger partial charge in [0.2, 0.25) is 0 Å². The average Bonchev–Trinajstić information content (AvgIpc) is 2.51. The number of rotatable bonds is 4. The molecule has 0 aromatic heterocycles. The molecule has 1 aliphatic rings. The van der Waals surface area contributed by atoms with Gasteiger partial charge in [-0.3, -0.25) is 4.79 Å². The van der Waals surface area contributed by atoms with Gasteiger partial charge in [0.05, 0.1) is 10.4 Å². The van der Waals surface area contributed by atoms with Gasteiger partial charge in [0.15, 0.2) is 0 Å². The minimum atomic E-state index is -0.790. The summed E-state index contributed by atoms with van der Waals surface area (Å²) in [4.78, 5) is 24.5. The van der Waals surface area contributed by atoms with Crippen molar-refractivity contribution in [3.63, 3.8) is 0 Å². The maximum atomic E-state index is 13.1. The number of carboxylic acids is 1. The van der Waals surface area contributed by atoms with E-state index in [0.29, 0.717) is 43.4 Å². The molecule has 1 saturated heterocycles. The Bertz CT molecular complexity index is 560. The molecule has 1 aromatic carbocycles. The predicted molar refractivity (Wildman–Crippen MR) is 83.1 cm³/mol. The second-order valence-electron chi connectivity index (χ2n) is 5.33. The van der Waals surface area contributed by atoms with Crippen molar-refractivity contribution in [1.29, 1.82) is 0 Å². The van der Waals surface area contributed by atoms with E-state index in [2.05, 4.69) is 21.2 Å². The van der Waals surface area contributed by atoms with Crippen LogP contribution in [-0.2, 0) is 11.2 Å². The molecule has 1 heterocycles. The van der Waals surface area contributed by atoms with Gasteiger partial charge in [-0.2, -0.15) is 0 Å². The molecular formula is C15H18BrFN2O3. The van der Waals surface area contributed by atoms with Crippen molar-refractivity contribution in [2.45, 2.75) is 19.3 Å². The summed E-state index contributed by atoms with van der Waals surface area (Å²) in [6, 6.07) is 4.59. The minimum absolute atomic E-state index is 0.176. The zero-order valence-corrected chi connectivity index (χ0v) is 13.6. The number of carbonyl (C=O) groups is 2. The number of benzene rings is 1. The summed E-state index contributed by atoms with van der Waals surface area (Å²) in [5, 5.41) is 11.7. The summed E-state index contributed by atoms with van der Waals surface area (Å²) >= 11 is 3.13. The molecule has 0 radical (unpaired) electrons. The molecule has 2 amide bonds. The van der Waals surface area contributed by atoms with Crippen LogP contribution in [0.1, 0.15) is 18.4 Å². The van der Waals surface area contributed by atoms with E-state index in [-0.39, 0.29) is 17.8 Å². The van der Waals surface area contributed by atoms with Crippen molar-refractivity contribution in [3.8, 4) is 0 Å². The number of carboxylic acid groups (broad SMARTS) is 1. The average molecular weight is 373 g/mol. The molecule has 0 unspecified atom stereocenters. The SMILES string of the molecule is O=C(O)C1CCN(C(=O)NCCc2ccc(F)c(Br)c2)CC1. The van der Waals surface area contributed by atoms with E-state index in [4.69, 9.17) is 5.11 Å². The van der Waals surface area contributed by atoms with Gasteiger partial charge in [-0.15, -0.1) is 0 Å². The van der Waals surface area contributed by atoms with Crippen LogP contribution in [0.2, 0.25) is 0 Å². The number of piperidine rings is 1. The van der Waals surface area contributed by atoms with E-state index in [0.717, 1.165) is 5.56 Å². The van der Waals surface area contributed by atoms with E-state index in [1.807, 2.05) is 0 Å². The highest BCUT2D eigenvalue weighted by molar-refractivity contribution is 9.10. The second kappa shape index (κ2) is 7.58. The molecule has 0 atom stereocenters. The molecule has 1 aliphatic heterocycles. The molecule has 1 fully saturated rings. The number of nitrogens with zero attached hydrogens (tertiary/aromatic N) is 1. The molecule has 1 aromatic rings. The van der Waals surface area contributed by atoms with Gasteiger partial charge in [0.1, 0.15) is 5.82 Å². The molecular weight excluding hydrogens is 355 g/mol. The monoisotopic (exact) mass is 372 g/mol. The maximum absolute atomic E-state index is 13.1. The lowest BCUT2D eigenvalue weighted by molar-refractivity contribution is -0.143. The Morgan fingerprint density at radius 1 is 1.36 bits per heavy atom. The summed E-state index contributed by atoms with van der Waals surface area (Å²) in [6.45, 7) is 1.38. The fourth-order valence-corrected chi connectivity index (χ4v) is 2.88. The maximum Gasteiger partial charge on any atom is 0.317 e. The summed E-state index contributed by atoms with van der Waals surface area (Å²) in [6.07, 6.45) is 1.59. The Morgan fingerprint density at radius 2 is 2.05 bits per heavy atom. The normalized spacial score (nSPS) is 15.6. The summed E-state index contributed by atoms with van der Waals surface area (Å²) in [5.41, 5.74) is 0.929. The number of nitrogens with one attached hydrogen (secondary N) is 1. The molecule has 0 spiro atoms. The van der Waals surface area contributed by atoms with Crippen LogP contribution >= 0.6 is 15.9 Å². The molecule has 0 bridgehead atoms. The van der Waals surface area contributed by atoms with E-state index < -0.39 is 5.97 Å². The van der Waals surface area contributed by atoms with Gasteiger partial charge in [-0.05, 0) is 52.9 Å². The fourth-order valence-electron chi connectivity index (χ4n) is 2.45. The van der Waals surface area contributed by atoms with Gasteiger partial charge in [-0.25, -0.2) is 9.18 Å². The highest BCUT2D eigenvalue weighted by atomic mass is 79.9. The number of hydrogen-bond acceptors (Lipinski definition) is 2. The lowest BCUT2D eigenvalue weighted by atomic mass is 9.97. The van der Waals surface area contributed by atoms with Gasteiger partial charge in [0.25, 0.3) is 0 Å². The van der Waals surface area contributed by atoms with Crippen LogP contribution in [0, 0.1) is 11.7 Å². The van der Waals surface area contributed by atoms with Crippen LogP contribution in [-0.4, -0.2) is 41.6 Å². The van der Waals surface area contributed by atoms with E-state index >= 15 is 0 Å². The first-order valence-corrected chi connectivity index (χ1v) is 7.96. The summed E-state index contributed by atoms with van der Waals surface area (Å²) in [7, 11) is 0. The van der Waals surface area contributed by atoms with Crippen molar-refractivity contribution in [2.24, 2.45) is 5.92 Å². The molecule has 0 saturated carbocycles. The summed E-state index contributed by atoms with van der Waals surface area (Å²) < 4.78 is 13.5. The molecule has 0 aliphatic carbocycles. The summed E-state index contributed by atoms with van der Waals surface area (Å²) in [5.74, 6) is -1.45. The third kappa shape index (κ3) is 4.43. The Hall–Kier alpha value is -1.63. The molecule has 5 nitrogen and oxygen atoms in total. The van der Waals surface area contributed by atoms with Crippen molar-refractivity contribution >= 4 is 27.9 Å². The number of likely N-dealkylation sites (tertiary alicyclic amines) is 1. The Labute approximate surface area is 136 Å². The smallest absolute Gasteiger partial charge is 0.317 e. The molecule has 7 heteroatoms. The van der Waals surface area contributed by atoms with Gasteiger partial charge < -0.3 is 15.3 Å². The van der Waals surface area contributed by atoms with Crippen LogP contribution in [0.3, 0.4) is 0 Å². The highest BCUT2D eigenvalue weighted by Crippen LogP contribution is 2.18. The Morgan fingerprint density at radius 3 is 2.64 bits per heavy atom. The number of hydrogen-bond donors (Lipinski definition) is 2. The zero-order valence-electron chi connectivity index (χ0n) is 12.0.